The molecule has 5 rings (SSSR count). The molecule has 184 valence electrons. The van der Waals surface area contributed by atoms with Crippen LogP contribution in [0, 0.1) is 6.92 Å². The average molecular weight is 528 g/mol. The van der Waals surface area contributed by atoms with Gasteiger partial charge in [0.25, 0.3) is 0 Å². The molecule has 0 bridgehead atoms. The molecule has 35 heavy (non-hydrogen) atoms. The van der Waals surface area contributed by atoms with Crippen LogP contribution in [0.1, 0.15) is 17.7 Å². The lowest BCUT2D eigenvalue weighted by atomic mass is 10.1. The second kappa shape index (κ2) is 11.2. The van der Waals surface area contributed by atoms with Crippen LogP contribution in [-0.4, -0.2) is 75.1 Å². The Balaban J connectivity index is 1.32. The van der Waals surface area contributed by atoms with Gasteiger partial charge in [0.15, 0.2) is 16.8 Å². The smallest absolute Gasteiger partial charge is 0.196 e. The van der Waals surface area contributed by atoms with E-state index in [-0.39, 0.29) is 5.25 Å². The maximum absolute atomic E-state index is 12.5. The highest BCUT2D eigenvalue weighted by Crippen LogP contribution is 2.38. The standard InChI is InChI=1S/C24H29N7OS3/c1-16-13-22(29-28-16)25-21-15-23(31-10-8-30(2)9-11-31)27-24(26-21)34-18-5-3-17(4-6-18)14-19(32)20-7-12-33-35-20/h3-6,13,15,20H,7-12,14H2,1-2H3,(H2,25,26,27,28,29). The van der Waals surface area contributed by atoms with Crippen molar-refractivity contribution >= 4 is 56.6 Å². The van der Waals surface area contributed by atoms with E-state index in [0.717, 1.165) is 72.0 Å². The van der Waals surface area contributed by atoms with Crippen molar-refractivity contribution in [3.8, 4) is 0 Å². The number of piperazine rings is 1. The molecule has 0 aliphatic carbocycles. The molecule has 3 aromatic rings. The summed E-state index contributed by atoms with van der Waals surface area (Å²) in [5.74, 6) is 3.76. The van der Waals surface area contributed by atoms with E-state index in [0.29, 0.717) is 17.4 Å². The van der Waals surface area contributed by atoms with Crippen LogP contribution in [-0.2, 0) is 11.2 Å². The molecular weight excluding hydrogens is 499 g/mol. The number of aryl methyl sites for hydroxylation is 1. The summed E-state index contributed by atoms with van der Waals surface area (Å²) in [5, 5.41) is 11.4. The molecule has 2 aliphatic heterocycles. The SMILES string of the molecule is Cc1cc(Nc2cc(N3CCN(C)CC3)nc(Sc3ccc(CC(=O)C4CCSS4)cc3)n2)n[nH]1. The Hall–Kier alpha value is -2.21. The lowest BCUT2D eigenvalue weighted by Gasteiger charge is -2.33. The Morgan fingerprint density at radius 2 is 1.94 bits per heavy atom. The third-order valence-corrected chi connectivity index (χ3v) is 9.75. The van der Waals surface area contributed by atoms with Gasteiger partial charge in [-0.1, -0.05) is 33.7 Å². The number of likely N-dealkylation sites (N-methyl/N-ethyl adjacent to an activating group) is 1. The second-order valence-corrected chi connectivity index (χ2v) is 12.6. The van der Waals surface area contributed by atoms with Crippen molar-refractivity contribution in [1.82, 2.24) is 25.1 Å². The minimum Gasteiger partial charge on any atom is -0.354 e. The van der Waals surface area contributed by atoms with Gasteiger partial charge in [-0.2, -0.15) is 5.10 Å². The fourth-order valence-electron chi connectivity index (χ4n) is 3.98. The number of nitrogens with zero attached hydrogens (tertiary/aromatic N) is 5. The largest absolute Gasteiger partial charge is 0.354 e. The van der Waals surface area contributed by atoms with E-state index in [1.807, 2.05) is 31.2 Å². The predicted octanol–water partition coefficient (Wildman–Crippen LogP) is 4.42. The molecule has 0 spiro atoms. The molecule has 1 atom stereocenters. The van der Waals surface area contributed by atoms with Crippen LogP contribution in [0.15, 0.2) is 46.5 Å². The molecular formula is C24H29N7OS3. The highest BCUT2D eigenvalue weighted by Gasteiger charge is 2.24. The summed E-state index contributed by atoms with van der Waals surface area (Å²) >= 11 is 1.53. The number of Topliss-reactive ketones (excluding diaryl/α,β-unsaturated/α-hetero) is 1. The third-order valence-electron chi connectivity index (χ3n) is 6.00. The van der Waals surface area contributed by atoms with Gasteiger partial charge in [0.05, 0.1) is 5.25 Å². The van der Waals surface area contributed by atoms with Gasteiger partial charge in [-0.05, 0) is 49.9 Å². The van der Waals surface area contributed by atoms with Crippen molar-refractivity contribution in [2.75, 3.05) is 49.2 Å². The second-order valence-electron chi connectivity index (χ2n) is 8.83. The Morgan fingerprint density at radius 1 is 1.14 bits per heavy atom. The lowest BCUT2D eigenvalue weighted by molar-refractivity contribution is -0.117. The Morgan fingerprint density at radius 3 is 2.63 bits per heavy atom. The molecule has 0 saturated carbocycles. The maximum atomic E-state index is 12.5. The number of carbonyl (C=O) groups is 1. The van der Waals surface area contributed by atoms with E-state index in [2.05, 4.69) is 44.5 Å². The van der Waals surface area contributed by atoms with Crippen molar-refractivity contribution in [2.45, 2.75) is 35.1 Å². The predicted molar refractivity (Wildman–Crippen MR) is 146 cm³/mol. The number of benzene rings is 1. The van der Waals surface area contributed by atoms with Crippen molar-refractivity contribution in [3.05, 3.63) is 47.7 Å². The number of ketones is 1. The van der Waals surface area contributed by atoms with E-state index in [9.17, 15) is 4.79 Å². The normalized spacial score (nSPS) is 18.7. The van der Waals surface area contributed by atoms with Gasteiger partial charge < -0.3 is 15.1 Å². The van der Waals surface area contributed by atoms with Crippen molar-refractivity contribution < 1.29 is 4.79 Å². The highest BCUT2D eigenvalue weighted by molar-refractivity contribution is 8.77. The van der Waals surface area contributed by atoms with E-state index in [4.69, 9.17) is 9.97 Å². The molecule has 11 heteroatoms. The van der Waals surface area contributed by atoms with Crippen LogP contribution in [0.5, 0.6) is 0 Å². The van der Waals surface area contributed by atoms with Crippen LogP contribution in [0.2, 0.25) is 0 Å². The summed E-state index contributed by atoms with van der Waals surface area (Å²) in [4.78, 5) is 27.8. The van der Waals surface area contributed by atoms with Crippen molar-refractivity contribution in [1.29, 1.82) is 0 Å². The molecule has 2 aromatic heterocycles. The highest BCUT2D eigenvalue weighted by atomic mass is 33.1. The zero-order valence-electron chi connectivity index (χ0n) is 19.9. The number of anilines is 3. The number of nitrogens with one attached hydrogen (secondary N) is 2. The van der Waals surface area contributed by atoms with Crippen molar-refractivity contribution in [3.63, 3.8) is 0 Å². The van der Waals surface area contributed by atoms with Crippen LogP contribution in [0.4, 0.5) is 17.5 Å². The summed E-state index contributed by atoms with van der Waals surface area (Å²) in [6.45, 7) is 5.84. The Kier molecular flexibility index (Phi) is 7.86. The van der Waals surface area contributed by atoms with Gasteiger partial charge in [-0.3, -0.25) is 9.89 Å². The first-order valence-electron chi connectivity index (χ1n) is 11.7. The first-order chi connectivity index (χ1) is 17.0. The number of aromatic nitrogens is 4. The summed E-state index contributed by atoms with van der Waals surface area (Å²) < 4.78 is 0. The maximum Gasteiger partial charge on any atom is 0.196 e. The van der Waals surface area contributed by atoms with Gasteiger partial charge in [-0.15, -0.1) is 0 Å². The van der Waals surface area contributed by atoms with Crippen LogP contribution in [0.25, 0.3) is 0 Å². The molecule has 1 aromatic carbocycles. The number of rotatable bonds is 8. The number of hydrogen-bond donors (Lipinski definition) is 2. The minimum absolute atomic E-state index is 0.143. The Bertz CT molecular complexity index is 1160. The zero-order valence-corrected chi connectivity index (χ0v) is 22.3. The van der Waals surface area contributed by atoms with Gasteiger partial charge in [0, 0.05) is 61.1 Å². The number of carbonyl (C=O) groups excluding carboxylic acids is 1. The molecule has 0 radical (unpaired) electrons. The monoisotopic (exact) mass is 527 g/mol. The van der Waals surface area contributed by atoms with E-state index < -0.39 is 0 Å². The van der Waals surface area contributed by atoms with E-state index in [1.165, 1.54) is 11.8 Å². The average Bonchev–Trinajstić information content (AvgIpc) is 3.53. The van der Waals surface area contributed by atoms with Gasteiger partial charge in [0.2, 0.25) is 0 Å². The topological polar surface area (TPSA) is 90.0 Å². The number of hydrogen-bond acceptors (Lipinski definition) is 10. The van der Waals surface area contributed by atoms with Gasteiger partial charge in [0.1, 0.15) is 11.6 Å². The molecule has 4 heterocycles. The molecule has 2 aliphatic rings. The first-order valence-corrected chi connectivity index (χ1v) is 14.9. The minimum atomic E-state index is 0.143. The summed E-state index contributed by atoms with van der Waals surface area (Å²) in [6.07, 6.45) is 1.48. The molecule has 2 fully saturated rings. The van der Waals surface area contributed by atoms with Crippen LogP contribution in [0.3, 0.4) is 0 Å². The Labute approximate surface area is 217 Å². The lowest BCUT2D eigenvalue weighted by Crippen LogP contribution is -2.44. The van der Waals surface area contributed by atoms with E-state index >= 15 is 0 Å². The quantitative estimate of drug-likeness (QED) is 0.324. The molecule has 0 amide bonds. The van der Waals surface area contributed by atoms with Gasteiger partial charge >= 0.3 is 0 Å². The third kappa shape index (κ3) is 6.52. The van der Waals surface area contributed by atoms with Gasteiger partial charge in [-0.25, -0.2) is 9.97 Å². The zero-order chi connectivity index (χ0) is 24.2. The van der Waals surface area contributed by atoms with E-state index in [1.54, 1.807) is 21.6 Å². The molecule has 8 nitrogen and oxygen atoms in total. The fraction of sp³-hybridized carbons (Fsp3) is 0.417. The molecule has 2 saturated heterocycles. The molecule has 1 unspecified atom stereocenters. The number of aromatic amines is 1. The van der Waals surface area contributed by atoms with Crippen molar-refractivity contribution in [2.24, 2.45) is 0 Å². The first kappa shape index (κ1) is 24.5. The summed E-state index contributed by atoms with van der Waals surface area (Å²) in [5.41, 5.74) is 2.04. The summed E-state index contributed by atoms with van der Waals surface area (Å²) in [7, 11) is 5.67. The van der Waals surface area contributed by atoms with Crippen LogP contribution < -0.4 is 10.2 Å². The van der Waals surface area contributed by atoms with Crippen LogP contribution >= 0.6 is 33.3 Å². The fourth-order valence-corrected chi connectivity index (χ4v) is 7.57. The number of H-pyrrole nitrogens is 1. The molecule has 2 N–H and O–H groups in total. The summed E-state index contributed by atoms with van der Waals surface area (Å²) in [6, 6.07) is 12.1.